The molecule has 1 atom stereocenters. The van der Waals surface area contributed by atoms with E-state index in [2.05, 4.69) is 10.2 Å². The van der Waals surface area contributed by atoms with Crippen molar-refractivity contribution < 1.29 is 4.74 Å². The number of ether oxygens (including phenoxy) is 1. The van der Waals surface area contributed by atoms with Gasteiger partial charge in [0.05, 0.1) is 12.6 Å². The van der Waals surface area contributed by atoms with Crippen LogP contribution in [0.5, 0.6) is 0 Å². The predicted octanol–water partition coefficient (Wildman–Crippen LogP) is 2.22. The smallest absolute Gasteiger partial charge is 0.343 e. The van der Waals surface area contributed by atoms with Crippen molar-refractivity contribution in [2.75, 3.05) is 6.61 Å². The van der Waals surface area contributed by atoms with E-state index >= 15 is 0 Å². The van der Waals surface area contributed by atoms with Crippen LogP contribution in [0.15, 0.2) is 4.79 Å². The van der Waals surface area contributed by atoms with E-state index in [1.54, 1.807) is 0 Å². The Balaban J connectivity index is 1.51. The highest BCUT2D eigenvalue weighted by Gasteiger charge is 2.53. The average molecular weight is 303 g/mol. The van der Waals surface area contributed by atoms with Crippen molar-refractivity contribution in [3.8, 4) is 0 Å². The molecule has 1 N–H and O–H groups in total. The van der Waals surface area contributed by atoms with E-state index in [0.717, 1.165) is 43.0 Å². The van der Waals surface area contributed by atoms with Gasteiger partial charge in [-0.2, -0.15) is 5.10 Å². The molecule has 0 spiro atoms. The first-order valence-corrected chi connectivity index (χ1v) is 8.99. The van der Waals surface area contributed by atoms with Gasteiger partial charge in [-0.3, -0.25) is 4.57 Å². The molecule has 2 heterocycles. The maximum Gasteiger partial charge on any atom is 0.343 e. The molecular formula is C17H25N3O2. The third-order valence-corrected chi connectivity index (χ3v) is 6.68. The summed E-state index contributed by atoms with van der Waals surface area (Å²) in [6.07, 6.45) is 10.4. The fourth-order valence-electron chi connectivity index (χ4n) is 6.27. The van der Waals surface area contributed by atoms with E-state index in [1.165, 1.54) is 38.5 Å². The lowest BCUT2D eigenvalue weighted by Gasteiger charge is -2.56. The van der Waals surface area contributed by atoms with Crippen molar-refractivity contribution >= 4 is 0 Å². The van der Waals surface area contributed by atoms with Gasteiger partial charge >= 0.3 is 5.69 Å². The van der Waals surface area contributed by atoms with Gasteiger partial charge in [-0.05, 0) is 69.1 Å². The van der Waals surface area contributed by atoms with Crippen LogP contribution in [0.3, 0.4) is 0 Å². The molecule has 1 aromatic heterocycles. The van der Waals surface area contributed by atoms with Gasteiger partial charge in [-0.15, -0.1) is 0 Å². The Kier molecular flexibility index (Phi) is 2.85. The minimum Gasteiger partial charge on any atom is -0.376 e. The van der Waals surface area contributed by atoms with Crippen LogP contribution in [0, 0.1) is 17.8 Å². The molecule has 4 aliphatic carbocycles. The second-order valence-electron chi connectivity index (χ2n) is 8.30. The lowest BCUT2D eigenvalue weighted by atomic mass is 9.49. The molecule has 5 aliphatic rings. The highest BCUT2D eigenvalue weighted by molar-refractivity contribution is 5.17. The van der Waals surface area contributed by atoms with E-state index in [4.69, 9.17) is 4.74 Å². The topological polar surface area (TPSA) is 59.9 Å². The lowest BCUT2D eigenvalue weighted by molar-refractivity contribution is -0.0124. The summed E-state index contributed by atoms with van der Waals surface area (Å²) < 4.78 is 7.67. The number of hydrogen-bond donors (Lipinski definition) is 1. The molecule has 1 aliphatic heterocycles. The number of hydrogen-bond acceptors (Lipinski definition) is 3. The highest BCUT2D eigenvalue weighted by Crippen LogP contribution is 2.60. The Morgan fingerprint density at radius 1 is 1.18 bits per heavy atom. The van der Waals surface area contributed by atoms with Crippen LogP contribution in [-0.4, -0.2) is 27.5 Å². The minimum absolute atomic E-state index is 0.0405. The first-order chi connectivity index (χ1) is 10.7. The highest BCUT2D eigenvalue weighted by atomic mass is 16.5. The van der Waals surface area contributed by atoms with Gasteiger partial charge in [0, 0.05) is 12.0 Å². The van der Waals surface area contributed by atoms with Gasteiger partial charge in [0.25, 0.3) is 0 Å². The zero-order valence-corrected chi connectivity index (χ0v) is 13.1. The Labute approximate surface area is 130 Å². The quantitative estimate of drug-likeness (QED) is 0.931. The Morgan fingerprint density at radius 3 is 2.45 bits per heavy atom. The van der Waals surface area contributed by atoms with E-state index in [9.17, 15) is 4.79 Å². The third kappa shape index (κ3) is 1.94. The van der Waals surface area contributed by atoms with Gasteiger partial charge in [0.2, 0.25) is 0 Å². The molecule has 5 nitrogen and oxygen atoms in total. The molecule has 5 heteroatoms. The number of H-pyrrole nitrogens is 1. The third-order valence-electron chi connectivity index (χ3n) is 6.68. The average Bonchev–Trinajstić information content (AvgIpc) is 3.09. The van der Waals surface area contributed by atoms with Crippen molar-refractivity contribution in [2.45, 2.75) is 69.4 Å². The maximum absolute atomic E-state index is 12.3. The normalized spacial score (nSPS) is 43.1. The summed E-state index contributed by atoms with van der Waals surface area (Å²) in [6.45, 7) is 1.52. The molecule has 6 rings (SSSR count). The zero-order chi connectivity index (χ0) is 14.7. The van der Waals surface area contributed by atoms with Crippen LogP contribution < -0.4 is 5.69 Å². The summed E-state index contributed by atoms with van der Waals surface area (Å²) >= 11 is 0. The number of rotatable bonds is 3. The molecule has 1 unspecified atom stereocenters. The fraction of sp³-hybridized carbons (Fsp3) is 0.882. The summed E-state index contributed by atoms with van der Waals surface area (Å²) in [7, 11) is 0. The van der Waals surface area contributed by atoms with Crippen molar-refractivity contribution in [1.82, 2.24) is 14.8 Å². The second-order valence-corrected chi connectivity index (χ2v) is 8.30. The van der Waals surface area contributed by atoms with Crippen molar-refractivity contribution in [3.63, 3.8) is 0 Å². The van der Waals surface area contributed by atoms with Crippen LogP contribution in [0.4, 0.5) is 0 Å². The zero-order valence-electron chi connectivity index (χ0n) is 13.1. The first-order valence-electron chi connectivity index (χ1n) is 8.99. The standard InChI is InChI=1S/C17H25N3O2/c21-16-19-18-15(20(16)10-14-2-1-3-22-14)17-7-11-4-12(8-17)6-13(5-11)9-17/h11-14H,1-10H2,(H,19,21). The summed E-state index contributed by atoms with van der Waals surface area (Å²) in [5.74, 6) is 3.66. The summed E-state index contributed by atoms with van der Waals surface area (Å²) in [6, 6.07) is 0. The minimum atomic E-state index is -0.0405. The van der Waals surface area contributed by atoms with Crippen molar-refractivity contribution in [1.29, 1.82) is 0 Å². The second kappa shape index (κ2) is 4.70. The molecule has 5 fully saturated rings. The van der Waals surface area contributed by atoms with E-state index in [1.807, 2.05) is 4.57 Å². The summed E-state index contributed by atoms with van der Waals surface area (Å²) in [5, 5.41) is 7.26. The number of aromatic amines is 1. The number of nitrogens with zero attached hydrogens (tertiary/aromatic N) is 2. The SMILES string of the molecule is O=c1[nH]nc(C23CC4CC(CC(C4)C2)C3)n1CC1CCCO1. The maximum atomic E-state index is 12.3. The molecule has 0 aromatic carbocycles. The van der Waals surface area contributed by atoms with Gasteiger partial charge < -0.3 is 4.74 Å². The molecule has 1 saturated heterocycles. The van der Waals surface area contributed by atoms with Gasteiger partial charge in [0.1, 0.15) is 5.82 Å². The van der Waals surface area contributed by atoms with Crippen LogP contribution in [0.2, 0.25) is 0 Å². The van der Waals surface area contributed by atoms with E-state index in [-0.39, 0.29) is 17.2 Å². The van der Waals surface area contributed by atoms with Crippen LogP contribution in [-0.2, 0) is 16.7 Å². The lowest BCUT2D eigenvalue weighted by Crippen LogP contribution is -2.50. The molecule has 4 bridgehead atoms. The van der Waals surface area contributed by atoms with Crippen molar-refractivity contribution in [2.24, 2.45) is 17.8 Å². The van der Waals surface area contributed by atoms with Crippen molar-refractivity contribution in [3.05, 3.63) is 16.3 Å². The van der Waals surface area contributed by atoms with Gasteiger partial charge in [-0.25, -0.2) is 9.89 Å². The first kappa shape index (κ1) is 13.3. The Hall–Kier alpha value is -1.10. The molecule has 4 saturated carbocycles. The number of nitrogens with one attached hydrogen (secondary N) is 1. The predicted molar refractivity (Wildman–Crippen MR) is 81.7 cm³/mol. The fourth-order valence-corrected chi connectivity index (χ4v) is 6.27. The molecule has 0 amide bonds. The van der Waals surface area contributed by atoms with Crippen LogP contribution in [0.1, 0.15) is 57.2 Å². The van der Waals surface area contributed by atoms with Crippen LogP contribution in [0.25, 0.3) is 0 Å². The Bertz CT molecular complexity index is 591. The monoisotopic (exact) mass is 303 g/mol. The molecule has 120 valence electrons. The summed E-state index contributed by atoms with van der Waals surface area (Å²) in [4.78, 5) is 12.3. The Morgan fingerprint density at radius 2 is 1.86 bits per heavy atom. The number of aromatic nitrogens is 3. The van der Waals surface area contributed by atoms with Gasteiger partial charge in [0.15, 0.2) is 0 Å². The van der Waals surface area contributed by atoms with Crippen LogP contribution >= 0.6 is 0 Å². The van der Waals surface area contributed by atoms with E-state index in [0.29, 0.717) is 6.54 Å². The van der Waals surface area contributed by atoms with Gasteiger partial charge in [-0.1, -0.05) is 0 Å². The largest absolute Gasteiger partial charge is 0.376 e. The summed E-state index contributed by atoms with van der Waals surface area (Å²) in [5.41, 5.74) is 0.133. The van der Waals surface area contributed by atoms with E-state index < -0.39 is 0 Å². The molecular weight excluding hydrogens is 278 g/mol. The molecule has 22 heavy (non-hydrogen) atoms. The molecule has 0 radical (unpaired) electrons. The molecule has 1 aromatic rings.